The zero-order valence-electron chi connectivity index (χ0n) is 8.07. The number of hydrogen-bond acceptors (Lipinski definition) is 2. The summed E-state index contributed by atoms with van der Waals surface area (Å²) >= 11 is 0. The van der Waals surface area contributed by atoms with Crippen LogP contribution >= 0.6 is 0 Å². The summed E-state index contributed by atoms with van der Waals surface area (Å²) in [4.78, 5) is 15.5. The van der Waals surface area contributed by atoms with Gasteiger partial charge in [0.25, 0.3) is 0 Å². The van der Waals surface area contributed by atoms with Gasteiger partial charge in [0, 0.05) is 24.4 Å². The first kappa shape index (κ1) is 9.19. The summed E-state index contributed by atoms with van der Waals surface area (Å²) in [7, 11) is 0. The normalized spacial score (nSPS) is 20.9. The van der Waals surface area contributed by atoms with Gasteiger partial charge in [0.1, 0.15) is 0 Å². The summed E-state index contributed by atoms with van der Waals surface area (Å²) in [5, 5.41) is 2.85. The van der Waals surface area contributed by atoms with Crippen LogP contribution < -0.4 is 5.32 Å². The molecule has 2 rings (SSSR count). The minimum atomic E-state index is 0.206. The molecule has 1 amide bonds. The third-order valence-electron chi connectivity index (χ3n) is 2.64. The summed E-state index contributed by atoms with van der Waals surface area (Å²) < 4.78 is 0. The molecular weight excluding hydrogens is 176 g/mol. The standard InChI is InChI=1S/C11H14N2O/c14-11-9(6-8-13-11)4-5-10-3-1-2-7-12-10/h1-3,7,9H,4-6,8H2,(H,13,14). The van der Waals surface area contributed by atoms with Crippen molar-refractivity contribution in [3.63, 3.8) is 0 Å². The van der Waals surface area contributed by atoms with Crippen molar-refractivity contribution >= 4 is 5.91 Å². The highest BCUT2D eigenvalue weighted by molar-refractivity contribution is 5.80. The summed E-state index contributed by atoms with van der Waals surface area (Å²) in [6, 6.07) is 5.90. The van der Waals surface area contributed by atoms with E-state index in [1.807, 2.05) is 18.2 Å². The lowest BCUT2D eigenvalue weighted by Crippen LogP contribution is -2.19. The molecule has 0 aromatic carbocycles. The third-order valence-corrected chi connectivity index (χ3v) is 2.64. The van der Waals surface area contributed by atoms with Gasteiger partial charge in [-0.05, 0) is 31.4 Å². The quantitative estimate of drug-likeness (QED) is 0.776. The Morgan fingerprint density at radius 3 is 3.07 bits per heavy atom. The molecule has 1 atom stereocenters. The highest BCUT2D eigenvalue weighted by atomic mass is 16.2. The predicted molar refractivity (Wildman–Crippen MR) is 53.7 cm³/mol. The summed E-state index contributed by atoms with van der Waals surface area (Å²) in [5.41, 5.74) is 1.08. The number of aryl methyl sites for hydroxylation is 1. The zero-order chi connectivity index (χ0) is 9.80. The van der Waals surface area contributed by atoms with Crippen molar-refractivity contribution < 1.29 is 4.79 Å². The maximum Gasteiger partial charge on any atom is 0.223 e. The molecular formula is C11H14N2O. The van der Waals surface area contributed by atoms with Gasteiger partial charge in [0.15, 0.2) is 0 Å². The molecule has 1 aliphatic rings. The number of rotatable bonds is 3. The van der Waals surface area contributed by atoms with Crippen molar-refractivity contribution in [2.45, 2.75) is 19.3 Å². The second kappa shape index (κ2) is 4.22. The van der Waals surface area contributed by atoms with Gasteiger partial charge in [-0.1, -0.05) is 6.07 Å². The Labute approximate surface area is 83.5 Å². The van der Waals surface area contributed by atoms with Gasteiger partial charge >= 0.3 is 0 Å². The fourth-order valence-electron chi connectivity index (χ4n) is 1.79. The molecule has 1 aromatic rings. The van der Waals surface area contributed by atoms with E-state index in [-0.39, 0.29) is 11.8 Å². The van der Waals surface area contributed by atoms with Gasteiger partial charge in [-0.2, -0.15) is 0 Å². The number of aromatic nitrogens is 1. The zero-order valence-corrected chi connectivity index (χ0v) is 8.07. The Balaban J connectivity index is 1.85. The van der Waals surface area contributed by atoms with Crippen molar-refractivity contribution in [1.29, 1.82) is 0 Å². The van der Waals surface area contributed by atoms with E-state index >= 15 is 0 Å². The van der Waals surface area contributed by atoms with E-state index in [9.17, 15) is 4.79 Å². The van der Waals surface area contributed by atoms with Gasteiger partial charge in [0.05, 0.1) is 0 Å². The van der Waals surface area contributed by atoms with Crippen molar-refractivity contribution in [2.24, 2.45) is 5.92 Å². The number of carbonyl (C=O) groups is 1. The number of carbonyl (C=O) groups excluding carboxylic acids is 1. The Bertz CT molecular complexity index is 310. The Morgan fingerprint density at radius 2 is 2.43 bits per heavy atom. The molecule has 1 aliphatic heterocycles. The minimum Gasteiger partial charge on any atom is -0.356 e. The van der Waals surface area contributed by atoms with E-state index in [0.29, 0.717) is 0 Å². The largest absolute Gasteiger partial charge is 0.356 e. The van der Waals surface area contributed by atoms with Crippen LogP contribution in [-0.2, 0) is 11.2 Å². The van der Waals surface area contributed by atoms with Crippen molar-refractivity contribution in [1.82, 2.24) is 10.3 Å². The Kier molecular flexibility index (Phi) is 2.77. The molecule has 1 fully saturated rings. The molecule has 0 saturated carbocycles. The molecule has 2 heterocycles. The fraction of sp³-hybridized carbons (Fsp3) is 0.455. The molecule has 0 spiro atoms. The molecule has 0 bridgehead atoms. The van der Waals surface area contributed by atoms with Crippen molar-refractivity contribution in [3.8, 4) is 0 Å². The molecule has 3 nitrogen and oxygen atoms in total. The van der Waals surface area contributed by atoms with E-state index < -0.39 is 0 Å². The number of amides is 1. The number of nitrogens with one attached hydrogen (secondary N) is 1. The lowest BCUT2D eigenvalue weighted by Gasteiger charge is -2.05. The molecule has 1 N–H and O–H groups in total. The van der Waals surface area contributed by atoms with E-state index in [1.165, 1.54) is 0 Å². The molecule has 14 heavy (non-hydrogen) atoms. The molecule has 1 unspecified atom stereocenters. The van der Waals surface area contributed by atoms with Crippen LogP contribution in [0.1, 0.15) is 18.5 Å². The molecule has 0 aliphatic carbocycles. The van der Waals surface area contributed by atoms with Crippen LogP contribution in [0.15, 0.2) is 24.4 Å². The molecule has 3 heteroatoms. The lowest BCUT2D eigenvalue weighted by molar-refractivity contribution is -0.122. The van der Waals surface area contributed by atoms with Crippen LogP contribution in [0.25, 0.3) is 0 Å². The second-order valence-electron chi connectivity index (χ2n) is 3.64. The summed E-state index contributed by atoms with van der Waals surface area (Å²) in [6.07, 6.45) is 4.59. The molecule has 74 valence electrons. The molecule has 1 aromatic heterocycles. The van der Waals surface area contributed by atoms with Crippen LogP contribution in [0.3, 0.4) is 0 Å². The van der Waals surface area contributed by atoms with E-state index in [2.05, 4.69) is 10.3 Å². The highest BCUT2D eigenvalue weighted by Gasteiger charge is 2.23. The summed E-state index contributed by atoms with van der Waals surface area (Å²) in [5.74, 6) is 0.415. The number of nitrogens with zero attached hydrogens (tertiary/aromatic N) is 1. The van der Waals surface area contributed by atoms with Crippen molar-refractivity contribution in [3.05, 3.63) is 30.1 Å². The Hall–Kier alpha value is -1.38. The molecule has 1 saturated heterocycles. The predicted octanol–water partition coefficient (Wildman–Crippen LogP) is 1.15. The highest BCUT2D eigenvalue weighted by Crippen LogP contribution is 2.15. The first-order valence-electron chi connectivity index (χ1n) is 5.04. The third kappa shape index (κ3) is 2.10. The first-order valence-corrected chi connectivity index (χ1v) is 5.04. The van der Waals surface area contributed by atoms with Crippen LogP contribution in [0.4, 0.5) is 0 Å². The lowest BCUT2D eigenvalue weighted by atomic mass is 10.0. The van der Waals surface area contributed by atoms with Crippen molar-refractivity contribution in [2.75, 3.05) is 6.54 Å². The van der Waals surface area contributed by atoms with Gasteiger partial charge in [-0.15, -0.1) is 0 Å². The first-order chi connectivity index (χ1) is 6.86. The monoisotopic (exact) mass is 190 g/mol. The number of hydrogen-bond donors (Lipinski definition) is 1. The second-order valence-corrected chi connectivity index (χ2v) is 3.64. The maximum atomic E-state index is 11.3. The molecule has 0 radical (unpaired) electrons. The van der Waals surface area contributed by atoms with E-state index in [0.717, 1.165) is 31.5 Å². The number of pyridine rings is 1. The topological polar surface area (TPSA) is 42.0 Å². The van der Waals surface area contributed by atoms with Crippen LogP contribution in [-0.4, -0.2) is 17.4 Å². The van der Waals surface area contributed by atoms with Gasteiger partial charge in [-0.25, -0.2) is 0 Å². The SMILES string of the molecule is O=C1NCCC1CCc1ccccn1. The van der Waals surface area contributed by atoms with E-state index in [1.54, 1.807) is 6.20 Å². The van der Waals surface area contributed by atoms with Gasteiger partial charge < -0.3 is 5.32 Å². The van der Waals surface area contributed by atoms with Crippen LogP contribution in [0, 0.1) is 5.92 Å². The van der Waals surface area contributed by atoms with Crippen LogP contribution in [0.5, 0.6) is 0 Å². The Morgan fingerprint density at radius 1 is 1.50 bits per heavy atom. The maximum absolute atomic E-state index is 11.3. The van der Waals surface area contributed by atoms with Crippen LogP contribution in [0.2, 0.25) is 0 Å². The smallest absolute Gasteiger partial charge is 0.223 e. The average molecular weight is 190 g/mol. The minimum absolute atomic E-state index is 0.206. The van der Waals surface area contributed by atoms with E-state index in [4.69, 9.17) is 0 Å². The van der Waals surface area contributed by atoms with Gasteiger partial charge in [0.2, 0.25) is 5.91 Å². The van der Waals surface area contributed by atoms with Gasteiger partial charge in [-0.3, -0.25) is 9.78 Å². The summed E-state index contributed by atoms with van der Waals surface area (Å²) in [6.45, 7) is 0.839. The average Bonchev–Trinajstić information content (AvgIpc) is 2.63. The fourth-order valence-corrected chi connectivity index (χ4v) is 1.79.